The van der Waals surface area contributed by atoms with Gasteiger partial charge in [-0.05, 0) is 36.8 Å². The molecule has 2 aromatic carbocycles. The van der Waals surface area contributed by atoms with Crippen LogP contribution in [0.5, 0.6) is 0 Å². The molecule has 0 bridgehead atoms. The normalized spacial score (nSPS) is 10.5. The molecule has 0 saturated heterocycles. The Morgan fingerprint density at radius 2 is 1.82 bits per heavy atom. The number of hydrogen-bond acceptors (Lipinski definition) is 3. The van der Waals surface area contributed by atoms with Gasteiger partial charge in [0.1, 0.15) is 0 Å². The monoisotopic (exact) mass is 300 g/mol. The minimum absolute atomic E-state index is 0.140. The lowest BCUT2D eigenvalue weighted by molar-refractivity contribution is -0.147. The first kappa shape index (κ1) is 15.8. The van der Waals surface area contributed by atoms with Crippen LogP contribution in [0.25, 0.3) is 10.8 Å². The summed E-state index contributed by atoms with van der Waals surface area (Å²) in [4.78, 5) is 23.1. The Labute approximate surface area is 129 Å². The molecular formula is C17H20N2O3. The standard InChI is InChI=1S/C17H20N2O3/c1-12(2)22-16(20)9-10-18-17(21)19-15-8-7-13-5-3-4-6-14(13)11-15/h3-8,11-12H,9-10H2,1-2H3,(H2,18,19,21). The van der Waals surface area contributed by atoms with Crippen molar-refractivity contribution in [2.75, 3.05) is 11.9 Å². The lowest BCUT2D eigenvalue weighted by Crippen LogP contribution is -2.31. The topological polar surface area (TPSA) is 67.4 Å². The summed E-state index contributed by atoms with van der Waals surface area (Å²) in [5.74, 6) is -0.319. The third-order valence-corrected chi connectivity index (χ3v) is 2.99. The largest absolute Gasteiger partial charge is 0.463 e. The van der Waals surface area contributed by atoms with Crippen LogP contribution in [-0.2, 0) is 9.53 Å². The fraction of sp³-hybridized carbons (Fsp3) is 0.294. The van der Waals surface area contributed by atoms with E-state index in [1.54, 1.807) is 13.8 Å². The Kier molecular flexibility index (Phi) is 5.36. The smallest absolute Gasteiger partial charge is 0.319 e. The highest BCUT2D eigenvalue weighted by molar-refractivity contribution is 5.93. The molecule has 0 aliphatic carbocycles. The highest BCUT2D eigenvalue weighted by atomic mass is 16.5. The van der Waals surface area contributed by atoms with Crippen molar-refractivity contribution in [3.63, 3.8) is 0 Å². The number of carbonyl (C=O) groups excluding carboxylic acids is 2. The molecule has 2 aromatic rings. The number of ether oxygens (including phenoxy) is 1. The maximum absolute atomic E-state index is 11.8. The van der Waals surface area contributed by atoms with Crippen molar-refractivity contribution < 1.29 is 14.3 Å². The van der Waals surface area contributed by atoms with Gasteiger partial charge < -0.3 is 15.4 Å². The molecule has 2 amide bonds. The molecule has 0 saturated carbocycles. The van der Waals surface area contributed by atoms with E-state index < -0.39 is 0 Å². The molecule has 116 valence electrons. The molecule has 5 nitrogen and oxygen atoms in total. The van der Waals surface area contributed by atoms with E-state index in [9.17, 15) is 9.59 Å². The minimum atomic E-state index is -0.340. The quantitative estimate of drug-likeness (QED) is 0.833. The van der Waals surface area contributed by atoms with Crippen LogP contribution in [0.1, 0.15) is 20.3 Å². The molecule has 0 aliphatic heterocycles. The summed E-state index contributed by atoms with van der Waals surface area (Å²) in [5.41, 5.74) is 0.709. The van der Waals surface area contributed by atoms with Crippen LogP contribution >= 0.6 is 0 Å². The molecule has 2 rings (SSSR count). The summed E-state index contributed by atoms with van der Waals surface area (Å²) in [6.07, 6.45) is 0.0162. The number of esters is 1. The zero-order chi connectivity index (χ0) is 15.9. The Balaban J connectivity index is 1.82. The van der Waals surface area contributed by atoms with Crippen LogP contribution < -0.4 is 10.6 Å². The Bertz CT molecular complexity index is 668. The first-order valence-electron chi connectivity index (χ1n) is 7.28. The van der Waals surface area contributed by atoms with Gasteiger partial charge >= 0.3 is 12.0 Å². The fourth-order valence-electron chi connectivity index (χ4n) is 2.04. The average molecular weight is 300 g/mol. The number of amides is 2. The van der Waals surface area contributed by atoms with Crippen molar-refractivity contribution >= 4 is 28.5 Å². The van der Waals surface area contributed by atoms with Crippen molar-refractivity contribution in [1.29, 1.82) is 0 Å². The highest BCUT2D eigenvalue weighted by Gasteiger charge is 2.07. The molecule has 0 aliphatic rings. The molecule has 22 heavy (non-hydrogen) atoms. The van der Waals surface area contributed by atoms with Gasteiger partial charge in [0.25, 0.3) is 0 Å². The van der Waals surface area contributed by atoms with Gasteiger partial charge in [-0.15, -0.1) is 0 Å². The molecule has 0 spiro atoms. The third-order valence-electron chi connectivity index (χ3n) is 2.99. The summed E-state index contributed by atoms with van der Waals surface area (Å²) in [6.45, 7) is 3.82. The van der Waals surface area contributed by atoms with E-state index in [1.165, 1.54) is 0 Å². The summed E-state index contributed by atoms with van der Waals surface area (Å²) >= 11 is 0. The van der Waals surface area contributed by atoms with Crippen molar-refractivity contribution in [2.24, 2.45) is 0 Å². The third kappa shape index (κ3) is 4.77. The number of anilines is 1. The second kappa shape index (κ2) is 7.45. The van der Waals surface area contributed by atoms with Gasteiger partial charge in [0, 0.05) is 12.2 Å². The molecule has 0 fully saturated rings. The minimum Gasteiger partial charge on any atom is -0.463 e. The van der Waals surface area contributed by atoms with Gasteiger partial charge in [0.2, 0.25) is 0 Å². The predicted octanol–water partition coefficient (Wildman–Crippen LogP) is 3.30. The average Bonchev–Trinajstić information content (AvgIpc) is 2.46. The first-order chi connectivity index (χ1) is 10.5. The van der Waals surface area contributed by atoms with Crippen LogP contribution in [0.4, 0.5) is 10.5 Å². The zero-order valence-corrected chi connectivity index (χ0v) is 12.8. The van der Waals surface area contributed by atoms with Gasteiger partial charge in [0.15, 0.2) is 0 Å². The second-order valence-electron chi connectivity index (χ2n) is 5.23. The van der Waals surface area contributed by atoms with Crippen LogP contribution in [0.15, 0.2) is 42.5 Å². The second-order valence-corrected chi connectivity index (χ2v) is 5.23. The summed E-state index contributed by atoms with van der Waals surface area (Å²) < 4.78 is 4.99. The Hall–Kier alpha value is -2.56. The van der Waals surface area contributed by atoms with E-state index in [4.69, 9.17) is 4.74 Å². The van der Waals surface area contributed by atoms with Gasteiger partial charge in [0.05, 0.1) is 12.5 Å². The maximum atomic E-state index is 11.8. The first-order valence-corrected chi connectivity index (χ1v) is 7.28. The van der Waals surface area contributed by atoms with Crippen LogP contribution in [0.2, 0.25) is 0 Å². The number of nitrogens with one attached hydrogen (secondary N) is 2. The number of urea groups is 1. The molecule has 2 N–H and O–H groups in total. The van der Waals surface area contributed by atoms with E-state index in [0.29, 0.717) is 5.69 Å². The number of hydrogen-bond donors (Lipinski definition) is 2. The van der Waals surface area contributed by atoms with E-state index in [1.807, 2.05) is 42.5 Å². The van der Waals surface area contributed by atoms with E-state index in [0.717, 1.165) is 10.8 Å². The van der Waals surface area contributed by atoms with E-state index in [2.05, 4.69) is 10.6 Å². The SMILES string of the molecule is CC(C)OC(=O)CCNC(=O)Nc1ccc2ccccc2c1. The molecule has 0 heterocycles. The van der Waals surface area contributed by atoms with Gasteiger partial charge in [-0.3, -0.25) is 4.79 Å². The number of fused-ring (bicyclic) bond motifs is 1. The summed E-state index contributed by atoms with van der Waals surface area (Å²) in [6, 6.07) is 13.3. The van der Waals surface area contributed by atoms with Gasteiger partial charge in [-0.2, -0.15) is 0 Å². The number of benzene rings is 2. The molecule has 0 unspecified atom stereocenters. The highest BCUT2D eigenvalue weighted by Crippen LogP contribution is 2.18. The van der Waals surface area contributed by atoms with Gasteiger partial charge in [-0.25, -0.2) is 4.79 Å². The molecule has 0 aromatic heterocycles. The number of carbonyl (C=O) groups is 2. The molecule has 5 heteroatoms. The van der Waals surface area contributed by atoms with Crippen LogP contribution in [0.3, 0.4) is 0 Å². The van der Waals surface area contributed by atoms with Crippen molar-refractivity contribution in [1.82, 2.24) is 5.32 Å². The Morgan fingerprint density at radius 3 is 2.55 bits per heavy atom. The molecular weight excluding hydrogens is 280 g/mol. The lowest BCUT2D eigenvalue weighted by atomic mass is 10.1. The summed E-state index contributed by atoms with van der Waals surface area (Å²) in [7, 11) is 0. The van der Waals surface area contributed by atoms with Crippen LogP contribution in [0, 0.1) is 0 Å². The molecule has 0 radical (unpaired) electrons. The summed E-state index contributed by atoms with van der Waals surface area (Å²) in [5, 5.41) is 7.55. The zero-order valence-electron chi connectivity index (χ0n) is 12.8. The molecule has 0 atom stereocenters. The maximum Gasteiger partial charge on any atom is 0.319 e. The fourth-order valence-corrected chi connectivity index (χ4v) is 2.04. The van der Waals surface area contributed by atoms with E-state index >= 15 is 0 Å². The van der Waals surface area contributed by atoms with Gasteiger partial charge in [-0.1, -0.05) is 30.3 Å². The van der Waals surface area contributed by atoms with Crippen molar-refractivity contribution in [3.8, 4) is 0 Å². The lowest BCUT2D eigenvalue weighted by Gasteiger charge is -2.10. The number of rotatable bonds is 5. The predicted molar refractivity (Wildman–Crippen MR) is 86.8 cm³/mol. The van der Waals surface area contributed by atoms with E-state index in [-0.39, 0.29) is 31.1 Å². The van der Waals surface area contributed by atoms with Crippen molar-refractivity contribution in [2.45, 2.75) is 26.4 Å². The Morgan fingerprint density at radius 1 is 1.09 bits per heavy atom. The van der Waals surface area contributed by atoms with Crippen molar-refractivity contribution in [3.05, 3.63) is 42.5 Å². The van der Waals surface area contributed by atoms with Crippen LogP contribution in [-0.4, -0.2) is 24.6 Å².